The topological polar surface area (TPSA) is 59.4 Å². The van der Waals surface area contributed by atoms with Crippen LogP contribution >= 0.6 is 0 Å². The predicted molar refractivity (Wildman–Crippen MR) is 39.0 cm³/mol. The third-order valence-corrected chi connectivity index (χ3v) is 2.70. The molecule has 0 N–H and O–H groups in total. The summed E-state index contributed by atoms with van der Waals surface area (Å²) in [5, 5.41) is 0. The van der Waals surface area contributed by atoms with E-state index in [4.69, 9.17) is 0 Å². The number of hydrogen-bond acceptors (Lipinski definition) is 3. The fourth-order valence-electron chi connectivity index (χ4n) is 0.896. The molecule has 1 aromatic rings. The highest BCUT2D eigenvalue weighted by Gasteiger charge is 2.21. The van der Waals surface area contributed by atoms with Crippen molar-refractivity contribution in [3.05, 3.63) is 24.0 Å². The van der Waals surface area contributed by atoms with Crippen molar-refractivity contribution in [1.82, 2.24) is 4.98 Å². The van der Waals surface area contributed by atoms with Crippen molar-refractivity contribution >= 4 is 16.2 Å². The molecule has 0 aromatic carbocycles. The van der Waals surface area contributed by atoms with Gasteiger partial charge in [0.25, 0.3) is 10.0 Å². The van der Waals surface area contributed by atoms with E-state index in [1.54, 1.807) is 6.07 Å². The molecule has 0 unspecified atom stereocenters. The Balaban J connectivity index is 2.84. The van der Waals surface area contributed by atoms with Crippen LogP contribution in [0.5, 0.6) is 0 Å². The number of aromatic nitrogens is 1. The zero-order valence-electron chi connectivity index (χ0n) is 5.43. The van der Waals surface area contributed by atoms with Crippen molar-refractivity contribution < 1.29 is 8.42 Å². The summed E-state index contributed by atoms with van der Waals surface area (Å²) in [6, 6.07) is 1.61. The normalized spacial score (nSPS) is 18.2. The van der Waals surface area contributed by atoms with E-state index in [0.29, 0.717) is 5.56 Å². The quantitative estimate of drug-likeness (QED) is 0.556. The van der Waals surface area contributed by atoms with Crippen LogP contribution in [-0.2, 0) is 10.0 Å². The second-order valence-electron chi connectivity index (χ2n) is 2.12. The van der Waals surface area contributed by atoms with Crippen LogP contribution in [0.1, 0.15) is 5.56 Å². The van der Waals surface area contributed by atoms with Gasteiger partial charge in [-0.2, -0.15) is 12.8 Å². The Hall–Kier alpha value is -1.23. The summed E-state index contributed by atoms with van der Waals surface area (Å²) in [5.74, 6) is 0. The Morgan fingerprint density at radius 1 is 1.36 bits per heavy atom. The van der Waals surface area contributed by atoms with Crippen LogP contribution in [-0.4, -0.2) is 19.6 Å². The van der Waals surface area contributed by atoms with E-state index in [1.165, 1.54) is 18.6 Å². The first kappa shape index (κ1) is 6.48. The largest absolute Gasteiger partial charge is 0.284 e. The molecule has 0 atom stereocenters. The van der Waals surface area contributed by atoms with Gasteiger partial charge in [0.05, 0.1) is 0 Å². The number of sulfonamides is 1. The zero-order valence-corrected chi connectivity index (χ0v) is 6.25. The Morgan fingerprint density at radius 2 is 2.18 bits per heavy atom. The first-order valence-corrected chi connectivity index (χ1v) is 4.38. The smallest absolute Gasteiger partial charge is 0.263 e. The van der Waals surface area contributed by atoms with E-state index in [2.05, 4.69) is 9.38 Å². The van der Waals surface area contributed by atoms with E-state index in [-0.39, 0.29) is 4.90 Å². The first-order valence-electron chi connectivity index (χ1n) is 2.94. The van der Waals surface area contributed by atoms with Crippen molar-refractivity contribution in [2.75, 3.05) is 0 Å². The first-order chi connectivity index (χ1) is 5.20. The monoisotopic (exact) mass is 168 g/mol. The molecule has 2 rings (SSSR count). The summed E-state index contributed by atoms with van der Waals surface area (Å²) in [7, 11) is -3.40. The summed E-state index contributed by atoms with van der Waals surface area (Å²) < 4.78 is 25.4. The fraction of sp³-hybridized carbons (Fsp3) is 0. The number of rotatable bonds is 0. The highest BCUT2D eigenvalue weighted by Crippen LogP contribution is 2.19. The molecule has 0 radical (unpaired) electrons. The van der Waals surface area contributed by atoms with E-state index in [0.717, 1.165) is 0 Å². The second kappa shape index (κ2) is 1.88. The minimum absolute atomic E-state index is 0.194. The van der Waals surface area contributed by atoms with Gasteiger partial charge in [-0.1, -0.05) is 0 Å². The van der Waals surface area contributed by atoms with Crippen LogP contribution in [0.4, 0.5) is 0 Å². The van der Waals surface area contributed by atoms with Gasteiger partial charge < -0.3 is 0 Å². The third kappa shape index (κ3) is 0.848. The van der Waals surface area contributed by atoms with Crippen LogP contribution < -0.4 is 0 Å². The number of nitrogens with zero attached hydrogens (tertiary/aromatic N) is 2. The van der Waals surface area contributed by atoms with Crippen molar-refractivity contribution in [2.24, 2.45) is 4.40 Å². The van der Waals surface area contributed by atoms with Gasteiger partial charge in [-0.3, -0.25) is 4.98 Å². The van der Waals surface area contributed by atoms with Crippen molar-refractivity contribution in [3.63, 3.8) is 0 Å². The molecule has 56 valence electrons. The highest BCUT2D eigenvalue weighted by molar-refractivity contribution is 7.90. The van der Waals surface area contributed by atoms with Crippen molar-refractivity contribution in [2.45, 2.75) is 4.90 Å². The molecule has 0 bridgehead atoms. The average Bonchev–Trinajstić information content (AvgIpc) is 2.29. The lowest BCUT2D eigenvalue weighted by Crippen LogP contribution is -1.93. The molecule has 0 fully saturated rings. The Bertz CT molecular complexity index is 422. The molecule has 2 heterocycles. The fourth-order valence-corrected chi connectivity index (χ4v) is 1.87. The molecule has 0 amide bonds. The minimum atomic E-state index is -3.40. The van der Waals surface area contributed by atoms with E-state index >= 15 is 0 Å². The molecule has 5 heteroatoms. The molecular formula is C6H4N2O2S. The van der Waals surface area contributed by atoms with Gasteiger partial charge in [0.1, 0.15) is 4.90 Å². The zero-order chi connectivity index (χ0) is 7.90. The van der Waals surface area contributed by atoms with Gasteiger partial charge in [0, 0.05) is 24.2 Å². The second-order valence-corrected chi connectivity index (χ2v) is 3.72. The van der Waals surface area contributed by atoms with Crippen LogP contribution in [0, 0.1) is 0 Å². The Kier molecular flexibility index (Phi) is 1.11. The summed E-state index contributed by atoms with van der Waals surface area (Å²) >= 11 is 0. The summed E-state index contributed by atoms with van der Waals surface area (Å²) in [6.07, 6.45) is 4.16. The summed E-state index contributed by atoms with van der Waals surface area (Å²) in [5.41, 5.74) is 0.611. The maximum Gasteiger partial charge on any atom is 0.284 e. The molecule has 0 saturated carbocycles. The van der Waals surface area contributed by atoms with Gasteiger partial charge in [0.15, 0.2) is 0 Å². The van der Waals surface area contributed by atoms with Crippen LogP contribution in [0.25, 0.3) is 0 Å². The molecular weight excluding hydrogens is 164 g/mol. The number of pyridine rings is 1. The van der Waals surface area contributed by atoms with Crippen LogP contribution in [0.2, 0.25) is 0 Å². The number of fused-ring (bicyclic) bond motifs is 1. The molecule has 0 saturated heterocycles. The van der Waals surface area contributed by atoms with Gasteiger partial charge >= 0.3 is 0 Å². The SMILES string of the molecule is O=S1(=O)N=Cc2ccncc21. The van der Waals surface area contributed by atoms with E-state index in [9.17, 15) is 8.42 Å². The predicted octanol–water partition coefficient (Wildman–Crippen LogP) is 0.203. The third-order valence-electron chi connectivity index (χ3n) is 1.42. The van der Waals surface area contributed by atoms with Crippen LogP contribution in [0.3, 0.4) is 0 Å². The summed E-state index contributed by atoms with van der Waals surface area (Å²) in [4.78, 5) is 3.89. The van der Waals surface area contributed by atoms with Gasteiger partial charge in [0.2, 0.25) is 0 Å². The van der Waals surface area contributed by atoms with Gasteiger partial charge in [-0.15, -0.1) is 0 Å². The molecule has 0 aliphatic carbocycles. The van der Waals surface area contributed by atoms with Crippen molar-refractivity contribution in [3.8, 4) is 0 Å². The maximum atomic E-state index is 11.0. The van der Waals surface area contributed by atoms with E-state index < -0.39 is 10.0 Å². The Labute approximate surface area is 63.7 Å². The molecule has 1 aromatic heterocycles. The van der Waals surface area contributed by atoms with Crippen LogP contribution in [0.15, 0.2) is 27.8 Å². The molecule has 4 nitrogen and oxygen atoms in total. The highest BCUT2D eigenvalue weighted by atomic mass is 32.2. The molecule has 1 aliphatic rings. The average molecular weight is 168 g/mol. The Morgan fingerprint density at radius 3 is 2.91 bits per heavy atom. The lowest BCUT2D eigenvalue weighted by Gasteiger charge is -1.91. The molecule has 0 spiro atoms. The maximum absolute atomic E-state index is 11.0. The van der Waals surface area contributed by atoms with Gasteiger partial charge in [-0.05, 0) is 6.07 Å². The minimum Gasteiger partial charge on any atom is -0.263 e. The standard InChI is InChI=1S/C6H4N2O2S/c9-11(10)6-4-7-2-1-5(6)3-8-11/h1-4H. The molecule has 11 heavy (non-hydrogen) atoms. The number of hydrogen-bond donors (Lipinski definition) is 0. The lowest BCUT2D eigenvalue weighted by molar-refractivity contribution is 0.599. The lowest BCUT2D eigenvalue weighted by atomic mass is 10.3. The van der Waals surface area contributed by atoms with E-state index in [1.807, 2.05) is 0 Å². The summed E-state index contributed by atoms with van der Waals surface area (Å²) in [6.45, 7) is 0. The van der Waals surface area contributed by atoms with Crippen molar-refractivity contribution in [1.29, 1.82) is 0 Å². The van der Waals surface area contributed by atoms with Gasteiger partial charge in [-0.25, -0.2) is 0 Å². The molecule has 1 aliphatic heterocycles.